The molecule has 1 aliphatic heterocycles. The fourth-order valence-electron chi connectivity index (χ4n) is 4.05. The fourth-order valence-corrected chi connectivity index (χ4v) is 4.05. The zero-order chi connectivity index (χ0) is 22.7. The summed E-state index contributed by atoms with van der Waals surface area (Å²) in [5.74, 6) is 1.44. The summed E-state index contributed by atoms with van der Waals surface area (Å²) in [7, 11) is 1.60. The van der Waals surface area contributed by atoms with Gasteiger partial charge in [0.2, 0.25) is 11.8 Å². The van der Waals surface area contributed by atoms with Crippen molar-refractivity contribution >= 4 is 0 Å². The molecule has 7 heteroatoms. The molecule has 0 saturated carbocycles. The third-order valence-electron chi connectivity index (χ3n) is 5.43. The molecule has 0 aliphatic carbocycles. The van der Waals surface area contributed by atoms with E-state index in [4.69, 9.17) is 25.0 Å². The molecule has 1 aromatic heterocycles. The zero-order valence-corrected chi connectivity index (χ0v) is 18.5. The van der Waals surface area contributed by atoms with Gasteiger partial charge in [-0.2, -0.15) is 10.4 Å². The summed E-state index contributed by atoms with van der Waals surface area (Å²) in [5, 5.41) is 14.9. The molecule has 0 fully saturated rings. The van der Waals surface area contributed by atoms with E-state index in [0.717, 1.165) is 35.3 Å². The number of nitrogens with zero attached hydrogens (tertiary/aromatic N) is 3. The highest BCUT2D eigenvalue weighted by Gasteiger charge is 2.37. The molecule has 0 bridgehead atoms. The Morgan fingerprint density at radius 3 is 2.59 bits per heavy atom. The molecule has 3 aromatic rings. The molecule has 7 nitrogen and oxygen atoms in total. The van der Waals surface area contributed by atoms with Gasteiger partial charge in [-0.15, -0.1) is 0 Å². The van der Waals surface area contributed by atoms with Gasteiger partial charge in [0.25, 0.3) is 0 Å². The number of hydrogen-bond acceptors (Lipinski definition) is 6. The molecule has 1 atom stereocenters. The number of benzene rings is 2. The molecule has 0 amide bonds. The van der Waals surface area contributed by atoms with Crippen molar-refractivity contribution in [3.8, 4) is 29.1 Å². The lowest BCUT2D eigenvalue weighted by Crippen LogP contribution is -2.22. The first-order chi connectivity index (χ1) is 15.6. The third kappa shape index (κ3) is 3.65. The Hall–Kier alpha value is -3.92. The highest BCUT2D eigenvalue weighted by atomic mass is 16.5. The van der Waals surface area contributed by atoms with Crippen LogP contribution in [0, 0.1) is 11.3 Å². The van der Waals surface area contributed by atoms with Crippen molar-refractivity contribution in [3.63, 3.8) is 0 Å². The first-order valence-corrected chi connectivity index (χ1v) is 10.7. The number of rotatable bonds is 7. The van der Waals surface area contributed by atoms with E-state index in [2.05, 4.69) is 13.0 Å². The lowest BCUT2D eigenvalue weighted by Gasteiger charge is -2.25. The summed E-state index contributed by atoms with van der Waals surface area (Å²) in [5.41, 5.74) is 10.1. The van der Waals surface area contributed by atoms with Gasteiger partial charge in [0.15, 0.2) is 11.5 Å². The highest BCUT2D eigenvalue weighted by Crippen LogP contribution is 2.46. The second kappa shape index (κ2) is 9.06. The van der Waals surface area contributed by atoms with E-state index < -0.39 is 5.92 Å². The van der Waals surface area contributed by atoms with E-state index in [0.29, 0.717) is 29.6 Å². The van der Waals surface area contributed by atoms with Crippen LogP contribution in [0.25, 0.3) is 5.69 Å². The van der Waals surface area contributed by atoms with Crippen LogP contribution in [0.15, 0.2) is 60.0 Å². The SMILES string of the molecule is CCCc1nn(-c2ccccc2)c2c1C(c1ccc(OC)c(OCC)c1)C(C#N)=C(N)O2. The Labute approximate surface area is 187 Å². The normalized spacial score (nSPS) is 15.0. The molecular weight excluding hydrogens is 404 g/mol. The third-order valence-corrected chi connectivity index (χ3v) is 5.43. The minimum Gasteiger partial charge on any atom is -0.493 e. The standard InChI is InChI=1S/C25H26N4O3/c1-4-9-19-23-22(16-12-13-20(30-3)21(14-16)31-5-2)18(15-26)24(27)32-25(23)29(28-19)17-10-7-6-8-11-17/h6-8,10-14,22H,4-5,9,27H2,1-3H3. The molecule has 2 heterocycles. The minimum absolute atomic E-state index is 0.0823. The Bertz CT molecular complexity index is 1190. The van der Waals surface area contributed by atoms with E-state index in [9.17, 15) is 5.26 Å². The molecule has 1 unspecified atom stereocenters. The average molecular weight is 431 g/mol. The zero-order valence-electron chi connectivity index (χ0n) is 18.5. The van der Waals surface area contributed by atoms with Crippen molar-refractivity contribution in [2.75, 3.05) is 13.7 Å². The maximum absolute atomic E-state index is 9.99. The van der Waals surface area contributed by atoms with Crippen molar-refractivity contribution in [1.29, 1.82) is 5.26 Å². The molecule has 2 N–H and O–H groups in total. The smallest absolute Gasteiger partial charge is 0.229 e. The number of ether oxygens (including phenoxy) is 3. The van der Waals surface area contributed by atoms with E-state index in [1.165, 1.54) is 0 Å². The average Bonchev–Trinajstić information content (AvgIpc) is 3.17. The Balaban J connectivity index is 1.96. The maximum Gasteiger partial charge on any atom is 0.229 e. The number of methoxy groups -OCH3 is 1. The summed E-state index contributed by atoms with van der Waals surface area (Å²) in [6, 6.07) is 17.7. The molecular formula is C25H26N4O3. The number of aryl methyl sites for hydroxylation is 1. The molecule has 0 spiro atoms. The van der Waals surface area contributed by atoms with Crippen LogP contribution in [-0.2, 0) is 6.42 Å². The van der Waals surface area contributed by atoms with Gasteiger partial charge in [-0.05, 0) is 43.2 Å². The van der Waals surface area contributed by atoms with Crippen molar-refractivity contribution in [2.45, 2.75) is 32.6 Å². The molecule has 1 aliphatic rings. The van der Waals surface area contributed by atoms with Crippen LogP contribution < -0.4 is 19.9 Å². The van der Waals surface area contributed by atoms with Crippen LogP contribution in [0.1, 0.15) is 43.0 Å². The quantitative estimate of drug-likeness (QED) is 0.595. The molecule has 0 saturated heterocycles. The van der Waals surface area contributed by atoms with E-state index >= 15 is 0 Å². The first kappa shape index (κ1) is 21.3. The van der Waals surface area contributed by atoms with Crippen LogP contribution in [-0.4, -0.2) is 23.5 Å². The predicted molar refractivity (Wildman–Crippen MR) is 121 cm³/mol. The second-order valence-electron chi connectivity index (χ2n) is 7.43. The van der Waals surface area contributed by atoms with Gasteiger partial charge in [-0.1, -0.05) is 37.6 Å². The number of para-hydroxylation sites is 1. The van der Waals surface area contributed by atoms with Gasteiger partial charge in [0.1, 0.15) is 11.6 Å². The van der Waals surface area contributed by atoms with Crippen LogP contribution in [0.3, 0.4) is 0 Å². The van der Waals surface area contributed by atoms with Crippen LogP contribution in [0.5, 0.6) is 17.4 Å². The van der Waals surface area contributed by atoms with Crippen LogP contribution in [0.4, 0.5) is 0 Å². The van der Waals surface area contributed by atoms with E-state index in [-0.39, 0.29) is 5.88 Å². The van der Waals surface area contributed by atoms with Gasteiger partial charge < -0.3 is 19.9 Å². The summed E-state index contributed by atoms with van der Waals surface area (Å²) in [4.78, 5) is 0. The molecule has 32 heavy (non-hydrogen) atoms. The Kier molecular flexibility index (Phi) is 6.04. The van der Waals surface area contributed by atoms with Gasteiger partial charge in [-0.25, -0.2) is 4.68 Å². The monoisotopic (exact) mass is 430 g/mol. The largest absolute Gasteiger partial charge is 0.493 e. The topological polar surface area (TPSA) is 95.3 Å². The van der Waals surface area contributed by atoms with Crippen LogP contribution >= 0.6 is 0 Å². The van der Waals surface area contributed by atoms with Crippen molar-refractivity contribution in [1.82, 2.24) is 9.78 Å². The lowest BCUT2D eigenvalue weighted by molar-refractivity contribution is 0.310. The molecule has 4 rings (SSSR count). The summed E-state index contributed by atoms with van der Waals surface area (Å²) >= 11 is 0. The number of nitriles is 1. The summed E-state index contributed by atoms with van der Waals surface area (Å²) in [6.07, 6.45) is 1.65. The first-order valence-electron chi connectivity index (χ1n) is 10.7. The number of hydrogen-bond donors (Lipinski definition) is 1. The van der Waals surface area contributed by atoms with Gasteiger partial charge in [0, 0.05) is 0 Å². The Morgan fingerprint density at radius 2 is 1.94 bits per heavy atom. The van der Waals surface area contributed by atoms with Gasteiger partial charge in [0.05, 0.1) is 36.6 Å². The van der Waals surface area contributed by atoms with Gasteiger partial charge in [-0.3, -0.25) is 0 Å². The molecule has 164 valence electrons. The number of fused-ring (bicyclic) bond motifs is 1. The van der Waals surface area contributed by atoms with Crippen LogP contribution in [0.2, 0.25) is 0 Å². The fraction of sp³-hybridized carbons (Fsp3) is 0.280. The second-order valence-corrected chi connectivity index (χ2v) is 7.43. The maximum atomic E-state index is 9.99. The summed E-state index contributed by atoms with van der Waals surface area (Å²) < 4.78 is 19.0. The van der Waals surface area contributed by atoms with E-state index in [1.807, 2.05) is 55.5 Å². The van der Waals surface area contributed by atoms with Crippen molar-refractivity contribution < 1.29 is 14.2 Å². The van der Waals surface area contributed by atoms with Crippen molar-refractivity contribution in [3.05, 3.63) is 76.8 Å². The van der Waals surface area contributed by atoms with Gasteiger partial charge >= 0.3 is 0 Å². The number of aromatic nitrogens is 2. The number of allylic oxidation sites excluding steroid dienone is 1. The lowest BCUT2D eigenvalue weighted by atomic mass is 9.83. The summed E-state index contributed by atoms with van der Waals surface area (Å²) in [6.45, 7) is 4.51. The predicted octanol–water partition coefficient (Wildman–Crippen LogP) is 4.45. The minimum atomic E-state index is -0.423. The number of nitrogens with two attached hydrogens (primary N) is 1. The Morgan fingerprint density at radius 1 is 1.16 bits per heavy atom. The molecule has 2 aromatic carbocycles. The highest BCUT2D eigenvalue weighted by molar-refractivity contribution is 5.59. The van der Waals surface area contributed by atoms with Crippen molar-refractivity contribution in [2.24, 2.45) is 5.73 Å². The van der Waals surface area contributed by atoms with E-state index in [1.54, 1.807) is 11.8 Å². The molecule has 0 radical (unpaired) electrons.